The minimum absolute atomic E-state index is 0.159. The second kappa shape index (κ2) is 9.18. The third-order valence-corrected chi connectivity index (χ3v) is 6.36. The van der Waals surface area contributed by atoms with Crippen molar-refractivity contribution < 1.29 is 9.32 Å². The van der Waals surface area contributed by atoms with E-state index in [-0.39, 0.29) is 11.8 Å². The zero-order chi connectivity index (χ0) is 22.0. The lowest BCUT2D eigenvalue weighted by atomic mass is 9.94. The van der Waals surface area contributed by atoms with Gasteiger partial charge in [-0.25, -0.2) is 4.98 Å². The van der Waals surface area contributed by atoms with Crippen molar-refractivity contribution in [1.29, 1.82) is 0 Å². The first kappa shape index (κ1) is 21.5. The molecule has 2 aromatic heterocycles. The van der Waals surface area contributed by atoms with Crippen LogP contribution in [0.1, 0.15) is 79.2 Å². The number of carbonyl (C=O) groups excluding carboxylic acids is 1. The van der Waals surface area contributed by atoms with Crippen molar-refractivity contribution in [3.05, 3.63) is 52.8 Å². The first-order valence-corrected chi connectivity index (χ1v) is 11.3. The Hall–Kier alpha value is -2.73. The van der Waals surface area contributed by atoms with Crippen LogP contribution in [0, 0.1) is 6.92 Å². The maximum absolute atomic E-state index is 13.4. The summed E-state index contributed by atoms with van der Waals surface area (Å²) in [5, 5.41) is 7.86. The summed E-state index contributed by atoms with van der Waals surface area (Å²) in [6.45, 7) is 6.76. The Balaban J connectivity index is 1.60. The number of hydrogen-bond donors (Lipinski definition) is 1. The minimum atomic E-state index is -0.159. The number of carbonyl (C=O) groups is 1. The zero-order valence-corrected chi connectivity index (χ0v) is 18.9. The van der Waals surface area contributed by atoms with Crippen LogP contribution in [0.5, 0.6) is 0 Å². The molecule has 1 N–H and O–H groups in total. The number of pyridine rings is 1. The molecule has 0 spiro atoms. The number of hydrogen-bond acceptors (Lipinski definition) is 5. The fraction of sp³-hybridized carbons (Fsp3) is 0.480. The van der Waals surface area contributed by atoms with Crippen LogP contribution in [0.3, 0.4) is 0 Å². The quantitative estimate of drug-likeness (QED) is 0.556. The molecular formula is C25H32N4O2. The van der Waals surface area contributed by atoms with E-state index in [4.69, 9.17) is 4.52 Å². The van der Waals surface area contributed by atoms with Gasteiger partial charge in [-0.15, -0.1) is 0 Å². The van der Waals surface area contributed by atoms with Gasteiger partial charge in [-0.2, -0.15) is 0 Å². The van der Waals surface area contributed by atoms with Crippen molar-refractivity contribution in [2.45, 2.75) is 71.4 Å². The van der Waals surface area contributed by atoms with E-state index in [1.165, 1.54) is 32.1 Å². The van der Waals surface area contributed by atoms with Crippen LogP contribution >= 0.6 is 0 Å². The van der Waals surface area contributed by atoms with Crippen molar-refractivity contribution in [3.8, 4) is 0 Å². The van der Waals surface area contributed by atoms with Gasteiger partial charge in [0.1, 0.15) is 0 Å². The highest BCUT2D eigenvalue weighted by molar-refractivity contribution is 6.12. The molecule has 1 aliphatic carbocycles. The van der Waals surface area contributed by atoms with E-state index in [1.54, 1.807) is 0 Å². The SMILES string of the molecule is Cc1noc2nc(C(C)C)cc(C(=O)Nc3ccccc3CN(C)C3CCCCC3)c12. The van der Waals surface area contributed by atoms with Crippen LogP contribution < -0.4 is 5.32 Å². The minimum Gasteiger partial charge on any atom is -0.336 e. The molecule has 3 aromatic rings. The molecule has 1 amide bonds. The average Bonchev–Trinajstić information content (AvgIpc) is 3.15. The molecule has 0 radical (unpaired) electrons. The molecule has 1 aliphatic rings. The number of nitrogens with zero attached hydrogens (tertiary/aromatic N) is 3. The molecule has 1 fully saturated rings. The van der Waals surface area contributed by atoms with Crippen molar-refractivity contribution in [1.82, 2.24) is 15.0 Å². The summed E-state index contributed by atoms with van der Waals surface area (Å²) in [6, 6.07) is 10.6. The molecule has 6 heteroatoms. The molecule has 0 aliphatic heterocycles. The molecule has 4 rings (SSSR count). The summed E-state index contributed by atoms with van der Waals surface area (Å²) < 4.78 is 5.38. The number of anilines is 1. The highest BCUT2D eigenvalue weighted by Gasteiger charge is 2.22. The molecule has 0 unspecified atom stereocenters. The molecule has 31 heavy (non-hydrogen) atoms. The highest BCUT2D eigenvalue weighted by Crippen LogP contribution is 2.28. The Morgan fingerprint density at radius 3 is 2.71 bits per heavy atom. The second-order valence-electron chi connectivity index (χ2n) is 9.02. The lowest BCUT2D eigenvalue weighted by Gasteiger charge is -2.31. The molecule has 1 saturated carbocycles. The third-order valence-electron chi connectivity index (χ3n) is 6.36. The van der Waals surface area contributed by atoms with Gasteiger partial charge in [0.05, 0.1) is 16.6 Å². The number of para-hydroxylation sites is 1. The third kappa shape index (κ3) is 4.64. The monoisotopic (exact) mass is 420 g/mol. The van der Waals surface area contributed by atoms with Gasteiger partial charge >= 0.3 is 0 Å². The molecule has 0 bridgehead atoms. The number of aryl methyl sites for hydroxylation is 1. The maximum Gasteiger partial charge on any atom is 0.259 e. The average molecular weight is 421 g/mol. The summed E-state index contributed by atoms with van der Waals surface area (Å²) in [5.41, 5.74) is 4.44. The van der Waals surface area contributed by atoms with Gasteiger partial charge in [0, 0.05) is 24.0 Å². The Morgan fingerprint density at radius 1 is 1.23 bits per heavy atom. The van der Waals surface area contributed by atoms with Gasteiger partial charge < -0.3 is 9.84 Å². The Bertz CT molecular complexity index is 1070. The number of amides is 1. The normalized spacial score (nSPS) is 15.2. The molecule has 1 aromatic carbocycles. The van der Waals surface area contributed by atoms with Gasteiger partial charge in [0.2, 0.25) is 0 Å². The predicted molar refractivity (Wildman–Crippen MR) is 123 cm³/mol. The summed E-state index contributed by atoms with van der Waals surface area (Å²) in [7, 11) is 2.19. The van der Waals surface area contributed by atoms with Crippen LogP contribution in [-0.4, -0.2) is 34.0 Å². The van der Waals surface area contributed by atoms with Gasteiger partial charge in [0.15, 0.2) is 0 Å². The standard InChI is InChI=1S/C25H32N4O2/c1-16(2)22-14-20(23-17(3)28-31-25(23)27-22)24(30)26-21-13-9-8-10-18(21)15-29(4)19-11-6-5-7-12-19/h8-10,13-14,16,19H,5-7,11-12,15H2,1-4H3,(H,26,30). The number of rotatable bonds is 6. The van der Waals surface area contributed by atoms with Crippen LogP contribution in [0.2, 0.25) is 0 Å². The topological polar surface area (TPSA) is 71.3 Å². The van der Waals surface area contributed by atoms with E-state index in [1.807, 2.05) is 31.2 Å². The summed E-state index contributed by atoms with van der Waals surface area (Å²) in [5.74, 6) is 0.0196. The van der Waals surface area contributed by atoms with Crippen LogP contribution in [0.15, 0.2) is 34.9 Å². The van der Waals surface area contributed by atoms with E-state index in [9.17, 15) is 4.79 Å². The summed E-state index contributed by atoms with van der Waals surface area (Å²) in [6.07, 6.45) is 6.47. The fourth-order valence-corrected chi connectivity index (χ4v) is 4.48. The smallest absolute Gasteiger partial charge is 0.259 e. The van der Waals surface area contributed by atoms with E-state index in [0.29, 0.717) is 28.4 Å². The van der Waals surface area contributed by atoms with E-state index >= 15 is 0 Å². The molecule has 0 saturated heterocycles. The van der Waals surface area contributed by atoms with Gasteiger partial charge in [-0.3, -0.25) is 9.69 Å². The molecule has 164 valence electrons. The van der Waals surface area contributed by atoms with Crippen molar-refractivity contribution in [2.75, 3.05) is 12.4 Å². The van der Waals surface area contributed by atoms with Crippen LogP contribution in [-0.2, 0) is 6.54 Å². The van der Waals surface area contributed by atoms with Crippen molar-refractivity contribution in [3.63, 3.8) is 0 Å². The predicted octanol–water partition coefficient (Wildman–Crippen LogP) is 5.67. The van der Waals surface area contributed by atoms with Crippen molar-refractivity contribution in [2.24, 2.45) is 0 Å². The number of benzene rings is 1. The maximum atomic E-state index is 13.4. The Labute approximate surface area is 184 Å². The van der Waals surface area contributed by atoms with E-state index < -0.39 is 0 Å². The zero-order valence-electron chi connectivity index (χ0n) is 18.9. The van der Waals surface area contributed by atoms with Gasteiger partial charge in [-0.1, -0.05) is 56.5 Å². The summed E-state index contributed by atoms with van der Waals surface area (Å²) >= 11 is 0. The number of aromatic nitrogens is 2. The Morgan fingerprint density at radius 2 is 1.97 bits per heavy atom. The van der Waals surface area contributed by atoms with E-state index in [0.717, 1.165) is 23.5 Å². The van der Waals surface area contributed by atoms with Crippen molar-refractivity contribution >= 4 is 22.7 Å². The Kier molecular flexibility index (Phi) is 6.37. The number of fused-ring (bicyclic) bond motifs is 1. The van der Waals surface area contributed by atoms with Gasteiger partial charge in [-0.05, 0) is 50.4 Å². The number of nitrogens with one attached hydrogen (secondary N) is 1. The summed E-state index contributed by atoms with van der Waals surface area (Å²) in [4.78, 5) is 20.3. The van der Waals surface area contributed by atoms with Crippen LogP contribution in [0.25, 0.3) is 11.1 Å². The lowest BCUT2D eigenvalue weighted by molar-refractivity contribution is 0.102. The molecule has 0 atom stereocenters. The van der Waals surface area contributed by atoms with Crippen LogP contribution in [0.4, 0.5) is 5.69 Å². The second-order valence-corrected chi connectivity index (χ2v) is 9.02. The largest absolute Gasteiger partial charge is 0.336 e. The highest BCUT2D eigenvalue weighted by atomic mass is 16.5. The molecule has 6 nitrogen and oxygen atoms in total. The first-order chi connectivity index (χ1) is 14.9. The molecule has 2 heterocycles. The molecular weight excluding hydrogens is 388 g/mol. The first-order valence-electron chi connectivity index (χ1n) is 11.3. The van der Waals surface area contributed by atoms with Gasteiger partial charge in [0.25, 0.3) is 11.6 Å². The van der Waals surface area contributed by atoms with E-state index in [2.05, 4.69) is 47.3 Å². The fourth-order valence-electron chi connectivity index (χ4n) is 4.48. The lowest BCUT2D eigenvalue weighted by Crippen LogP contribution is -2.33.